The van der Waals surface area contributed by atoms with E-state index in [1.807, 2.05) is 0 Å². The van der Waals surface area contributed by atoms with Gasteiger partial charge in [0.15, 0.2) is 5.82 Å². The summed E-state index contributed by atoms with van der Waals surface area (Å²) in [5.74, 6) is 0.895. The zero-order valence-electron chi connectivity index (χ0n) is 11.6. The number of nitrogens with zero attached hydrogens (tertiary/aromatic N) is 2. The fraction of sp³-hybridized carbons (Fsp3) is 0.467. The lowest BCUT2D eigenvalue weighted by Crippen LogP contribution is -2.03. The lowest BCUT2D eigenvalue weighted by molar-refractivity contribution is 0.911. The van der Waals surface area contributed by atoms with E-state index in [0.717, 1.165) is 30.8 Å². The molecule has 18 heavy (non-hydrogen) atoms. The molecular weight excluding hydrogens is 240 g/mol. The molecule has 0 unspecified atom stereocenters. The number of rotatable bonds is 4. The molecular formula is C15H20N2S. The molecule has 0 bridgehead atoms. The predicted octanol–water partition coefficient (Wildman–Crippen LogP) is 4.20. The molecule has 0 aliphatic heterocycles. The van der Waals surface area contributed by atoms with Gasteiger partial charge in [0, 0.05) is 16.3 Å². The summed E-state index contributed by atoms with van der Waals surface area (Å²) >= 11 is 1.80. The molecule has 0 saturated carbocycles. The monoisotopic (exact) mass is 260 g/mol. The maximum atomic E-state index is 4.74. The van der Waals surface area contributed by atoms with Crippen molar-refractivity contribution < 1.29 is 0 Å². The van der Waals surface area contributed by atoms with E-state index in [1.54, 1.807) is 11.3 Å². The van der Waals surface area contributed by atoms with Gasteiger partial charge in [0.1, 0.15) is 0 Å². The molecule has 0 atom stereocenters. The normalized spacial score (nSPS) is 10.9. The van der Waals surface area contributed by atoms with Gasteiger partial charge in [0.2, 0.25) is 0 Å². The van der Waals surface area contributed by atoms with E-state index < -0.39 is 0 Å². The van der Waals surface area contributed by atoms with Gasteiger partial charge in [-0.25, -0.2) is 9.97 Å². The Morgan fingerprint density at radius 1 is 1.00 bits per heavy atom. The molecule has 0 aliphatic rings. The molecule has 0 aromatic carbocycles. The second-order valence-electron chi connectivity index (χ2n) is 4.38. The number of thiophene rings is 1. The minimum Gasteiger partial charge on any atom is -0.232 e. The van der Waals surface area contributed by atoms with E-state index in [2.05, 4.69) is 44.8 Å². The molecule has 0 spiro atoms. The highest BCUT2D eigenvalue weighted by atomic mass is 32.1. The molecule has 2 aromatic rings. The summed E-state index contributed by atoms with van der Waals surface area (Å²) in [4.78, 5) is 12.0. The predicted molar refractivity (Wildman–Crippen MR) is 78.2 cm³/mol. The summed E-state index contributed by atoms with van der Waals surface area (Å²) in [6.07, 6.45) is 3.07. The van der Waals surface area contributed by atoms with Crippen LogP contribution < -0.4 is 0 Å². The van der Waals surface area contributed by atoms with E-state index in [0.29, 0.717) is 0 Å². The molecule has 0 N–H and O–H groups in total. The summed E-state index contributed by atoms with van der Waals surface area (Å²) in [6, 6.07) is 4.32. The first-order valence-corrected chi connectivity index (χ1v) is 7.46. The fourth-order valence-corrected chi connectivity index (χ4v) is 3.09. The molecule has 96 valence electrons. The van der Waals surface area contributed by atoms with Crippen molar-refractivity contribution >= 4 is 11.3 Å². The third-order valence-electron chi connectivity index (χ3n) is 3.22. The van der Waals surface area contributed by atoms with E-state index in [1.165, 1.54) is 21.0 Å². The first-order valence-electron chi connectivity index (χ1n) is 6.65. The SMILES string of the molecule is CCc1ccc(-c2nc(C)c(CC)c(CC)n2)s1. The van der Waals surface area contributed by atoms with E-state index in [9.17, 15) is 0 Å². The maximum absolute atomic E-state index is 4.74. The van der Waals surface area contributed by atoms with Crippen molar-refractivity contribution in [3.05, 3.63) is 34.0 Å². The van der Waals surface area contributed by atoms with E-state index in [4.69, 9.17) is 4.98 Å². The molecule has 3 heteroatoms. The van der Waals surface area contributed by atoms with Crippen molar-refractivity contribution in [3.8, 4) is 10.7 Å². The molecule has 0 radical (unpaired) electrons. The highest BCUT2D eigenvalue weighted by Gasteiger charge is 2.11. The fourth-order valence-electron chi connectivity index (χ4n) is 2.21. The highest BCUT2D eigenvalue weighted by Crippen LogP contribution is 2.27. The minimum atomic E-state index is 0.895. The molecule has 2 nitrogen and oxygen atoms in total. The quantitative estimate of drug-likeness (QED) is 0.823. The lowest BCUT2D eigenvalue weighted by Gasteiger charge is -2.09. The van der Waals surface area contributed by atoms with Crippen molar-refractivity contribution in [3.63, 3.8) is 0 Å². The van der Waals surface area contributed by atoms with Gasteiger partial charge in [-0.05, 0) is 43.9 Å². The summed E-state index contributed by atoms with van der Waals surface area (Å²) in [7, 11) is 0. The standard InChI is InChI=1S/C15H20N2S/c1-5-11-8-9-14(18-11)15-16-10(4)12(6-2)13(7-3)17-15/h8-9H,5-7H2,1-4H3. The first-order chi connectivity index (χ1) is 8.69. The van der Waals surface area contributed by atoms with Crippen molar-refractivity contribution in [1.29, 1.82) is 0 Å². The van der Waals surface area contributed by atoms with Crippen LogP contribution in [0.3, 0.4) is 0 Å². The molecule has 0 saturated heterocycles. The van der Waals surface area contributed by atoms with Gasteiger partial charge in [-0.2, -0.15) is 0 Å². The van der Waals surface area contributed by atoms with Gasteiger partial charge in [-0.15, -0.1) is 11.3 Å². The lowest BCUT2D eigenvalue weighted by atomic mass is 10.1. The number of aromatic nitrogens is 2. The van der Waals surface area contributed by atoms with Crippen LogP contribution in [0, 0.1) is 6.92 Å². The second-order valence-corrected chi connectivity index (χ2v) is 5.55. The number of hydrogen-bond acceptors (Lipinski definition) is 3. The van der Waals surface area contributed by atoms with Crippen LogP contribution in [0.25, 0.3) is 10.7 Å². The topological polar surface area (TPSA) is 25.8 Å². The van der Waals surface area contributed by atoms with Crippen LogP contribution in [0.1, 0.15) is 42.6 Å². The molecule has 0 aliphatic carbocycles. The van der Waals surface area contributed by atoms with Crippen LogP contribution >= 0.6 is 11.3 Å². The maximum Gasteiger partial charge on any atom is 0.169 e. The molecule has 0 fully saturated rings. The minimum absolute atomic E-state index is 0.895. The van der Waals surface area contributed by atoms with Crippen LogP contribution in [0.4, 0.5) is 0 Å². The highest BCUT2D eigenvalue weighted by molar-refractivity contribution is 7.15. The average Bonchev–Trinajstić information content (AvgIpc) is 2.86. The smallest absolute Gasteiger partial charge is 0.169 e. The van der Waals surface area contributed by atoms with E-state index >= 15 is 0 Å². The van der Waals surface area contributed by atoms with Crippen molar-refractivity contribution in [2.75, 3.05) is 0 Å². The van der Waals surface area contributed by atoms with Gasteiger partial charge in [0.25, 0.3) is 0 Å². The Kier molecular flexibility index (Phi) is 4.12. The Hall–Kier alpha value is -1.22. The van der Waals surface area contributed by atoms with Crippen molar-refractivity contribution in [2.45, 2.75) is 47.0 Å². The summed E-state index contributed by atoms with van der Waals surface area (Å²) in [6.45, 7) is 8.61. The molecule has 2 aromatic heterocycles. The van der Waals surface area contributed by atoms with Gasteiger partial charge < -0.3 is 0 Å². The number of hydrogen-bond donors (Lipinski definition) is 0. The number of aryl methyl sites for hydroxylation is 3. The van der Waals surface area contributed by atoms with Crippen LogP contribution in [-0.2, 0) is 19.3 Å². The van der Waals surface area contributed by atoms with Crippen LogP contribution in [0.5, 0.6) is 0 Å². The summed E-state index contributed by atoms with van der Waals surface area (Å²) < 4.78 is 0. The Labute approximate surface area is 113 Å². The first kappa shape index (κ1) is 13.2. The zero-order valence-corrected chi connectivity index (χ0v) is 12.4. The summed E-state index contributed by atoms with van der Waals surface area (Å²) in [5.41, 5.74) is 3.64. The molecule has 0 amide bonds. The van der Waals surface area contributed by atoms with E-state index in [-0.39, 0.29) is 0 Å². The van der Waals surface area contributed by atoms with Gasteiger partial charge >= 0.3 is 0 Å². The third-order valence-corrected chi connectivity index (χ3v) is 4.44. The Morgan fingerprint density at radius 2 is 1.78 bits per heavy atom. The van der Waals surface area contributed by atoms with Crippen LogP contribution in [0.15, 0.2) is 12.1 Å². The molecule has 2 rings (SSSR count). The van der Waals surface area contributed by atoms with Crippen LogP contribution in [0.2, 0.25) is 0 Å². The van der Waals surface area contributed by atoms with Gasteiger partial charge in [0.05, 0.1) is 4.88 Å². The Bertz CT molecular complexity index is 543. The summed E-state index contributed by atoms with van der Waals surface area (Å²) in [5, 5.41) is 0. The van der Waals surface area contributed by atoms with Crippen molar-refractivity contribution in [1.82, 2.24) is 9.97 Å². The van der Waals surface area contributed by atoms with Crippen LogP contribution in [-0.4, -0.2) is 9.97 Å². The van der Waals surface area contributed by atoms with Gasteiger partial charge in [-0.3, -0.25) is 0 Å². The van der Waals surface area contributed by atoms with Crippen molar-refractivity contribution in [2.24, 2.45) is 0 Å². The second kappa shape index (κ2) is 5.61. The zero-order chi connectivity index (χ0) is 13.1. The third kappa shape index (κ3) is 2.46. The Morgan fingerprint density at radius 3 is 2.33 bits per heavy atom. The molecule has 2 heterocycles. The average molecular weight is 260 g/mol. The van der Waals surface area contributed by atoms with Gasteiger partial charge in [-0.1, -0.05) is 20.8 Å². The Balaban J connectivity index is 2.48. The largest absolute Gasteiger partial charge is 0.232 e.